The topological polar surface area (TPSA) is 35.2 Å². The van der Waals surface area contributed by atoms with E-state index in [0.717, 1.165) is 24.8 Å². The molecule has 0 atom stereocenters. The Morgan fingerprint density at radius 2 is 2.00 bits per heavy atom. The van der Waals surface area contributed by atoms with Crippen LogP contribution in [-0.2, 0) is 6.42 Å². The Bertz CT molecular complexity index is 399. The van der Waals surface area contributed by atoms with Crippen molar-refractivity contribution >= 4 is 0 Å². The molecule has 100 valence electrons. The summed E-state index contributed by atoms with van der Waals surface area (Å²) in [4.78, 5) is 0. The van der Waals surface area contributed by atoms with Crippen molar-refractivity contribution in [2.24, 2.45) is 11.1 Å². The average Bonchev–Trinajstić information content (AvgIpc) is 2.42. The first-order valence-corrected chi connectivity index (χ1v) is 6.72. The van der Waals surface area contributed by atoms with Gasteiger partial charge in [-0.15, -0.1) is 0 Å². The zero-order valence-electron chi connectivity index (χ0n) is 11.0. The van der Waals surface area contributed by atoms with E-state index in [1.165, 1.54) is 26.4 Å². The first-order chi connectivity index (χ1) is 8.71. The summed E-state index contributed by atoms with van der Waals surface area (Å²) in [5.74, 6) is 0.105. The molecule has 0 heterocycles. The van der Waals surface area contributed by atoms with Crippen molar-refractivity contribution in [3.63, 3.8) is 0 Å². The second kappa shape index (κ2) is 5.70. The van der Waals surface area contributed by atoms with Crippen molar-refractivity contribution in [1.82, 2.24) is 0 Å². The fraction of sp³-hybridized carbons (Fsp3) is 0.600. The average molecular weight is 251 g/mol. The van der Waals surface area contributed by atoms with Crippen LogP contribution in [-0.4, -0.2) is 13.7 Å². The maximum absolute atomic E-state index is 14.2. The van der Waals surface area contributed by atoms with Crippen molar-refractivity contribution in [2.75, 3.05) is 13.7 Å². The van der Waals surface area contributed by atoms with Crippen molar-refractivity contribution in [2.45, 2.75) is 38.5 Å². The maximum Gasteiger partial charge on any atom is 0.168 e. The minimum Gasteiger partial charge on any atom is -0.494 e. The van der Waals surface area contributed by atoms with Crippen LogP contribution in [0.1, 0.15) is 37.7 Å². The van der Waals surface area contributed by atoms with Gasteiger partial charge in [-0.1, -0.05) is 31.4 Å². The van der Waals surface area contributed by atoms with E-state index < -0.39 is 0 Å². The number of halogens is 1. The van der Waals surface area contributed by atoms with Gasteiger partial charge in [0, 0.05) is 0 Å². The Labute approximate surface area is 108 Å². The Balaban J connectivity index is 2.21. The predicted octanol–water partition coefficient (Wildman–Crippen LogP) is 3.29. The second-order valence-corrected chi connectivity index (χ2v) is 5.37. The molecular formula is C15H22FNO. The second-order valence-electron chi connectivity index (χ2n) is 5.37. The molecule has 1 aliphatic rings. The smallest absolute Gasteiger partial charge is 0.168 e. The highest BCUT2D eigenvalue weighted by Gasteiger charge is 2.31. The molecule has 0 radical (unpaired) electrons. The normalized spacial score (nSPS) is 18.6. The standard InChI is InChI=1S/C15H22FNO/c1-18-13-7-5-6-12(14(13)16)10-15(11-17)8-3-2-4-9-15/h5-7H,2-4,8-11,17H2,1H3. The summed E-state index contributed by atoms with van der Waals surface area (Å²) in [6.45, 7) is 0.643. The predicted molar refractivity (Wildman–Crippen MR) is 71.2 cm³/mol. The first kappa shape index (κ1) is 13.3. The number of methoxy groups -OCH3 is 1. The monoisotopic (exact) mass is 251 g/mol. The molecule has 18 heavy (non-hydrogen) atoms. The lowest BCUT2D eigenvalue weighted by Crippen LogP contribution is -2.35. The van der Waals surface area contributed by atoms with Crippen LogP contribution in [0, 0.1) is 11.2 Å². The Kier molecular flexibility index (Phi) is 4.23. The van der Waals surface area contributed by atoms with Crippen LogP contribution in [0.3, 0.4) is 0 Å². The van der Waals surface area contributed by atoms with Gasteiger partial charge in [0.25, 0.3) is 0 Å². The van der Waals surface area contributed by atoms with Crippen molar-refractivity contribution < 1.29 is 9.13 Å². The van der Waals surface area contributed by atoms with Gasteiger partial charge in [-0.25, -0.2) is 4.39 Å². The lowest BCUT2D eigenvalue weighted by atomic mass is 9.70. The van der Waals surface area contributed by atoms with Gasteiger partial charge in [-0.3, -0.25) is 0 Å². The maximum atomic E-state index is 14.2. The fourth-order valence-corrected chi connectivity index (χ4v) is 3.01. The molecule has 2 rings (SSSR count). The molecule has 3 heteroatoms. The number of hydrogen-bond donors (Lipinski definition) is 1. The molecule has 0 amide bonds. The van der Waals surface area contributed by atoms with Crippen LogP contribution in [0.4, 0.5) is 4.39 Å². The molecule has 0 spiro atoms. The van der Waals surface area contributed by atoms with Gasteiger partial charge in [-0.2, -0.15) is 0 Å². The van der Waals surface area contributed by atoms with E-state index in [1.807, 2.05) is 12.1 Å². The zero-order valence-corrected chi connectivity index (χ0v) is 11.0. The number of rotatable bonds is 4. The summed E-state index contributed by atoms with van der Waals surface area (Å²) in [7, 11) is 1.50. The van der Waals surface area contributed by atoms with E-state index in [4.69, 9.17) is 10.5 Å². The van der Waals surface area contributed by atoms with Crippen LogP contribution in [0.15, 0.2) is 18.2 Å². The minimum absolute atomic E-state index is 0.0887. The lowest BCUT2D eigenvalue weighted by Gasteiger charge is -2.36. The molecule has 0 aromatic heterocycles. The van der Waals surface area contributed by atoms with Crippen LogP contribution in [0.25, 0.3) is 0 Å². The summed E-state index contributed by atoms with van der Waals surface area (Å²) < 4.78 is 19.2. The Hall–Kier alpha value is -1.09. The Morgan fingerprint density at radius 1 is 1.28 bits per heavy atom. The van der Waals surface area contributed by atoms with Crippen molar-refractivity contribution in [1.29, 1.82) is 0 Å². The molecule has 0 unspecified atom stereocenters. The summed E-state index contributed by atoms with van der Waals surface area (Å²) >= 11 is 0. The molecule has 1 saturated carbocycles. The first-order valence-electron chi connectivity index (χ1n) is 6.72. The third kappa shape index (κ3) is 2.66. The molecule has 1 aromatic carbocycles. The summed E-state index contributed by atoms with van der Waals surface area (Å²) in [6, 6.07) is 5.36. The highest BCUT2D eigenvalue weighted by molar-refractivity contribution is 5.31. The van der Waals surface area contributed by atoms with E-state index in [0.29, 0.717) is 12.3 Å². The van der Waals surface area contributed by atoms with Gasteiger partial charge in [-0.05, 0) is 42.9 Å². The van der Waals surface area contributed by atoms with Gasteiger partial charge < -0.3 is 10.5 Å². The minimum atomic E-state index is -0.224. The van der Waals surface area contributed by atoms with Gasteiger partial charge in [0.15, 0.2) is 11.6 Å². The third-order valence-corrected chi connectivity index (χ3v) is 4.18. The fourth-order valence-electron chi connectivity index (χ4n) is 3.01. The van der Waals surface area contributed by atoms with E-state index in [9.17, 15) is 4.39 Å². The van der Waals surface area contributed by atoms with E-state index in [1.54, 1.807) is 6.07 Å². The van der Waals surface area contributed by atoms with Crippen LogP contribution < -0.4 is 10.5 Å². The van der Waals surface area contributed by atoms with Gasteiger partial charge >= 0.3 is 0 Å². The Morgan fingerprint density at radius 3 is 2.61 bits per heavy atom. The molecule has 1 aromatic rings. The van der Waals surface area contributed by atoms with Gasteiger partial charge in [0.05, 0.1) is 7.11 Å². The number of nitrogens with two attached hydrogens (primary N) is 1. The number of benzene rings is 1. The molecular weight excluding hydrogens is 229 g/mol. The molecule has 2 nitrogen and oxygen atoms in total. The zero-order chi connectivity index (χ0) is 13.0. The molecule has 1 fully saturated rings. The molecule has 0 saturated heterocycles. The van der Waals surface area contributed by atoms with Gasteiger partial charge in [0.1, 0.15) is 0 Å². The summed E-state index contributed by atoms with van der Waals surface area (Å²) in [5.41, 5.74) is 6.78. The molecule has 1 aliphatic carbocycles. The van der Waals surface area contributed by atoms with Crippen molar-refractivity contribution in [3.05, 3.63) is 29.6 Å². The number of ether oxygens (including phenoxy) is 1. The largest absolute Gasteiger partial charge is 0.494 e. The van der Waals surface area contributed by atoms with Crippen LogP contribution in [0.2, 0.25) is 0 Å². The summed E-state index contributed by atoms with van der Waals surface area (Å²) in [5, 5.41) is 0. The number of hydrogen-bond acceptors (Lipinski definition) is 2. The summed E-state index contributed by atoms with van der Waals surface area (Å²) in [6.07, 6.45) is 6.65. The molecule has 2 N–H and O–H groups in total. The van der Waals surface area contributed by atoms with E-state index in [2.05, 4.69) is 0 Å². The molecule has 0 aliphatic heterocycles. The van der Waals surface area contributed by atoms with Crippen molar-refractivity contribution in [3.8, 4) is 5.75 Å². The lowest BCUT2D eigenvalue weighted by molar-refractivity contribution is 0.195. The van der Waals surface area contributed by atoms with Gasteiger partial charge in [0.2, 0.25) is 0 Å². The van der Waals surface area contributed by atoms with Crippen LogP contribution >= 0.6 is 0 Å². The van der Waals surface area contributed by atoms with E-state index >= 15 is 0 Å². The highest BCUT2D eigenvalue weighted by atomic mass is 19.1. The molecule has 0 bridgehead atoms. The highest BCUT2D eigenvalue weighted by Crippen LogP contribution is 2.39. The van der Waals surface area contributed by atoms with Crippen LogP contribution in [0.5, 0.6) is 5.75 Å². The SMILES string of the molecule is COc1cccc(CC2(CN)CCCCC2)c1F. The quantitative estimate of drug-likeness (QED) is 0.891. The third-order valence-electron chi connectivity index (χ3n) is 4.18. The van der Waals surface area contributed by atoms with E-state index in [-0.39, 0.29) is 11.2 Å².